The zero-order chi connectivity index (χ0) is 17.0. The molecule has 0 amide bonds. The third-order valence-corrected chi connectivity index (χ3v) is 4.98. The topological polar surface area (TPSA) is 61.2 Å². The summed E-state index contributed by atoms with van der Waals surface area (Å²) in [5, 5.41) is 4.94. The van der Waals surface area contributed by atoms with E-state index in [1.807, 2.05) is 25.1 Å². The molecule has 2 aromatic rings. The molecule has 0 saturated heterocycles. The SMILES string of the molecule is Cc1cccc2c1c(=O)c(CC=O)nn2COCCS(C)(C)C. The third-order valence-electron chi connectivity index (χ3n) is 3.59. The van der Waals surface area contributed by atoms with Gasteiger partial charge < -0.3 is 9.53 Å². The van der Waals surface area contributed by atoms with Gasteiger partial charge in [0.1, 0.15) is 18.7 Å². The van der Waals surface area contributed by atoms with Crippen LogP contribution in [0.2, 0.25) is 0 Å². The summed E-state index contributed by atoms with van der Waals surface area (Å²) >= 11 is 0. The number of rotatable bonds is 7. The van der Waals surface area contributed by atoms with Crippen LogP contribution in [0.3, 0.4) is 0 Å². The van der Waals surface area contributed by atoms with Crippen molar-refractivity contribution < 1.29 is 9.53 Å². The van der Waals surface area contributed by atoms with E-state index in [9.17, 15) is 9.59 Å². The number of aldehydes is 1. The Morgan fingerprint density at radius 3 is 2.70 bits per heavy atom. The predicted octanol–water partition coefficient (Wildman–Crippen LogP) is 2.11. The number of hydrogen-bond donors (Lipinski definition) is 0. The van der Waals surface area contributed by atoms with Crippen LogP contribution in [0.5, 0.6) is 0 Å². The second-order valence-electron chi connectivity index (χ2n) is 6.45. The molecule has 0 unspecified atom stereocenters. The van der Waals surface area contributed by atoms with Crippen LogP contribution in [0.1, 0.15) is 11.3 Å². The van der Waals surface area contributed by atoms with Crippen molar-refractivity contribution in [2.45, 2.75) is 20.1 Å². The molecule has 1 aromatic carbocycles. The van der Waals surface area contributed by atoms with Crippen molar-refractivity contribution in [2.24, 2.45) is 0 Å². The number of aromatic nitrogens is 2. The van der Waals surface area contributed by atoms with Gasteiger partial charge in [-0.05, 0) is 37.3 Å². The van der Waals surface area contributed by atoms with Crippen LogP contribution < -0.4 is 5.43 Å². The first-order chi connectivity index (χ1) is 10.8. The van der Waals surface area contributed by atoms with Crippen LogP contribution in [-0.2, 0) is 22.7 Å². The van der Waals surface area contributed by atoms with Gasteiger partial charge in [-0.1, -0.05) is 12.1 Å². The van der Waals surface area contributed by atoms with Crippen molar-refractivity contribution >= 4 is 27.2 Å². The number of carbonyl (C=O) groups is 1. The Labute approximate surface area is 138 Å². The summed E-state index contributed by atoms with van der Waals surface area (Å²) in [6.45, 7) is 2.83. The Morgan fingerprint density at radius 1 is 1.30 bits per heavy atom. The second kappa shape index (κ2) is 7.27. The Bertz CT molecular complexity index is 763. The molecule has 0 radical (unpaired) electrons. The minimum Gasteiger partial charge on any atom is -0.358 e. The maximum absolute atomic E-state index is 12.5. The normalized spacial score (nSPS) is 12.5. The van der Waals surface area contributed by atoms with E-state index in [0.717, 1.165) is 16.8 Å². The number of fused-ring (bicyclic) bond motifs is 1. The number of benzene rings is 1. The molecule has 5 nitrogen and oxygen atoms in total. The lowest BCUT2D eigenvalue weighted by Gasteiger charge is -2.24. The monoisotopic (exact) mass is 336 g/mol. The highest BCUT2D eigenvalue weighted by molar-refractivity contribution is 8.32. The summed E-state index contributed by atoms with van der Waals surface area (Å²) in [5.74, 6) is 1.02. The highest BCUT2D eigenvalue weighted by Crippen LogP contribution is 2.33. The summed E-state index contributed by atoms with van der Waals surface area (Å²) in [7, 11) is -0.602. The lowest BCUT2D eigenvalue weighted by molar-refractivity contribution is -0.107. The zero-order valence-electron chi connectivity index (χ0n) is 14.2. The lowest BCUT2D eigenvalue weighted by Crippen LogP contribution is -2.22. The van der Waals surface area contributed by atoms with Gasteiger partial charge in [-0.15, -0.1) is 0 Å². The van der Waals surface area contributed by atoms with Gasteiger partial charge in [0.25, 0.3) is 0 Å². The lowest BCUT2D eigenvalue weighted by atomic mass is 10.1. The van der Waals surface area contributed by atoms with Crippen molar-refractivity contribution in [3.63, 3.8) is 0 Å². The Balaban J connectivity index is 2.35. The maximum atomic E-state index is 12.5. The van der Waals surface area contributed by atoms with Crippen LogP contribution in [0.25, 0.3) is 10.9 Å². The third kappa shape index (κ3) is 4.42. The summed E-state index contributed by atoms with van der Waals surface area (Å²) < 4.78 is 7.43. The van der Waals surface area contributed by atoms with Gasteiger partial charge in [-0.2, -0.15) is 5.10 Å². The Morgan fingerprint density at radius 2 is 2.04 bits per heavy atom. The maximum Gasteiger partial charge on any atom is 0.211 e. The van der Waals surface area contributed by atoms with Gasteiger partial charge in [0.15, 0.2) is 0 Å². The van der Waals surface area contributed by atoms with Crippen molar-refractivity contribution in [1.29, 1.82) is 0 Å². The van der Waals surface area contributed by atoms with Gasteiger partial charge in [-0.3, -0.25) is 4.79 Å². The van der Waals surface area contributed by atoms with Crippen LogP contribution in [0, 0.1) is 6.92 Å². The molecule has 126 valence electrons. The number of aryl methyl sites for hydroxylation is 1. The highest BCUT2D eigenvalue weighted by Gasteiger charge is 2.12. The first-order valence-electron chi connectivity index (χ1n) is 7.50. The van der Waals surface area contributed by atoms with Crippen molar-refractivity contribution in [2.75, 3.05) is 31.1 Å². The average molecular weight is 336 g/mol. The fourth-order valence-electron chi connectivity index (χ4n) is 2.32. The van der Waals surface area contributed by atoms with Crippen molar-refractivity contribution in [3.8, 4) is 0 Å². The fourth-order valence-corrected chi connectivity index (χ4v) is 2.94. The van der Waals surface area contributed by atoms with Crippen molar-refractivity contribution in [1.82, 2.24) is 9.78 Å². The van der Waals surface area contributed by atoms with Gasteiger partial charge in [0.2, 0.25) is 5.43 Å². The fraction of sp³-hybridized carbons (Fsp3) is 0.471. The highest BCUT2D eigenvalue weighted by atomic mass is 32.3. The minimum absolute atomic E-state index is 0.0231. The first-order valence-corrected chi connectivity index (χ1v) is 10.5. The molecule has 0 atom stereocenters. The van der Waals surface area contributed by atoms with E-state index in [2.05, 4.69) is 23.9 Å². The molecule has 0 aliphatic heterocycles. The zero-order valence-corrected chi connectivity index (χ0v) is 15.0. The van der Waals surface area contributed by atoms with Crippen LogP contribution in [0.4, 0.5) is 0 Å². The van der Waals surface area contributed by atoms with E-state index < -0.39 is 10.0 Å². The van der Waals surface area contributed by atoms with E-state index in [1.54, 1.807) is 4.68 Å². The molecule has 1 heterocycles. The van der Waals surface area contributed by atoms with Crippen LogP contribution in [-0.4, -0.2) is 47.2 Å². The van der Waals surface area contributed by atoms with E-state index in [1.165, 1.54) is 0 Å². The molecule has 0 aliphatic carbocycles. The molecule has 0 fully saturated rings. The molecule has 2 rings (SSSR count). The van der Waals surface area contributed by atoms with E-state index >= 15 is 0 Å². The predicted molar refractivity (Wildman–Crippen MR) is 96.7 cm³/mol. The van der Waals surface area contributed by atoms with Crippen molar-refractivity contribution in [3.05, 3.63) is 39.7 Å². The van der Waals surface area contributed by atoms with E-state index in [4.69, 9.17) is 4.74 Å². The molecule has 0 N–H and O–H groups in total. The second-order valence-corrected chi connectivity index (χ2v) is 11.0. The smallest absolute Gasteiger partial charge is 0.211 e. The van der Waals surface area contributed by atoms with E-state index in [-0.39, 0.29) is 24.3 Å². The molecular formula is C17H24N2O3S. The molecule has 23 heavy (non-hydrogen) atoms. The van der Waals surface area contributed by atoms with Crippen LogP contribution >= 0.6 is 10.0 Å². The van der Waals surface area contributed by atoms with E-state index in [0.29, 0.717) is 18.3 Å². The van der Waals surface area contributed by atoms with Gasteiger partial charge in [0.05, 0.1) is 23.9 Å². The van der Waals surface area contributed by atoms with Crippen LogP contribution in [0.15, 0.2) is 23.0 Å². The summed E-state index contributed by atoms with van der Waals surface area (Å²) in [4.78, 5) is 23.3. The summed E-state index contributed by atoms with van der Waals surface area (Å²) in [6, 6.07) is 5.65. The molecule has 6 heteroatoms. The number of hydrogen-bond acceptors (Lipinski definition) is 4. The molecule has 1 aromatic heterocycles. The Kier molecular flexibility index (Phi) is 5.59. The Hall–Kier alpha value is -1.66. The molecule has 0 spiro atoms. The largest absolute Gasteiger partial charge is 0.358 e. The standard InChI is InChI=1S/C17H24N2O3S/c1-13-6-5-7-15-16(13)17(21)14(8-9-20)18-19(15)12-22-10-11-23(2,3)4/h5-7,9H,8,10-12H2,1-4H3. The minimum atomic E-state index is -0.602. The average Bonchev–Trinajstić information content (AvgIpc) is 2.47. The molecule has 0 saturated carbocycles. The molecule has 0 bridgehead atoms. The summed E-state index contributed by atoms with van der Waals surface area (Å²) in [6.07, 6.45) is 7.47. The van der Waals surface area contributed by atoms with Gasteiger partial charge in [0, 0.05) is 5.75 Å². The summed E-state index contributed by atoms with van der Waals surface area (Å²) in [5.41, 5.74) is 1.73. The van der Waals surface area contributed by atoms with Gasteiger partial charge >= 0.3 is 0 Å². The number of carbonyl (C=O) groups excluding carboxylic acids is 1. The van der Waals surface area contributed by atoms with Gasteiger partial charge in [-0.25, -0.2) is 14.7 Å². The number of ether oxygens (including phenoxy) is 1. The molecule has 0 aliphatic rings. The quantitative estimate of drug-likeness (QED) is 0.574. The molecular weight excluding hydrogens is 312 g/mol. The first kappa shape index (κ1) is 17.7. The number of nitrogens with zero attached hydrogens (tertiary/aromatic N) is 2.